The zero-order valence-electron chi connectivity index (χ0n) is 12.3. The minimum atomic E-state index is -0.383. The molecule has 0 amide bonds. The Bertz CT molecular complexity index is 522. The minimum absolute atomic E-state index is 0.383. The smallest absolute Gasteiger partial charge is 0.341 e. The summed E-state index contributed by atoms with van der Waals surface area (Å²) in [5.74, 6) is 2.30. The van der Waals surface area contributed by atoms with Crippen molar-refractivity contribution < 1.29 is 13.9 Å². The number of aryl methyl sites for hydroxylation is 1. The van der Waals surface area contributed by atoms with Crippen LogP contribution in [-0.4, -0.2) is 32.1 Å². The van der Waals surface area contributed by atoms with Gasteiger partial charge in [-0.25, -0.2) is 4.79 Å². The van der Waals surface area contributed by atoms with Gasteiger partial charge in [0.25, 0.3) is 0 Å². The molecule has 1 heterocycles. The lowest BCUT2D eigenvalue weighted by Crippen LogP contribution is -2.38. The lowest BCUT2D eigenvalue weighted by molar-refractivity contribution is 0.0599. The number of guanidine groups is 1. The molecule has 6 nitrogen and oxygen atoms in total. The van der Waals surface area contributed by atoms with Crippen molar-refractivity contribution in [2.75, 3.05) is 14.2 Å². The van der Waals surface area contributed by atoms with Crippen molar-refractivity contribution in [3.05, 3.63) is 23.2 Å². The molecule has 0 saturated heterocycles. The number of hydrogen-bond acceptors (Lipinski definition) is 4. The molecule has 0 spiro atoms. The summed E-state index contributed by atoms with van der Waals surface area (Å²) >= 11 is 0. The lowest BCUT2D eigenvalue weighted by atomic mass is 10.2. The van der Waals surface area contributed by atoms with Crippen molar-refractivity contribution in [2.24, 2.45) is 10.9 Å². The number of hydrogen-bond donors (Lipinski definition) is 2. The number of aliphatic imine (C=N–C) groups is 1. The number of esters is 1. The number of methoxy groups -OCH3 is 1. The van der Waals surface area contributed by atoms with Crippen LogP contribution in [0, 0.1) is 12.8 Å². The molecule has 2 unspecified atom stereocenters. The average molecular weight is 279 g/mol. The quantitative estimate of drug-likeness (QED) is 0.495. The molecule has 6 heteroatoms. The molecule has 2 rings (SSSR count). The van der Waals surface area contributed by atoms with Gasteiger partial charge in [-0.1, -0.05) is 6.92 Å². The van der Waals surface area contributed by atoms with Gasteiger partial charge in [-0.2, -0.15) is 0 Å². The number of furan rings is 1. The Morgan fingerprint density at radius 2 is 2.30 bits per heavy atom. The topological polar surface area (TPSA) is 75.9 Å². The molecule has 20 heavy (non-hydrogen) atoms. The van der Waals surface area contributed by atoms with Crippen molar-refractivity contribution in [3.8, 4) is 0 Å². The molecule has 1 saturated carbocycles. The number of ether oxygens (including phenoxy) is 1. The van der Waals surface area contributed by atoms with E-state index in [1.807, 2.05) is 0 Å². The summed E-state index contributed by atoms with van der Waals surface area (Å²) in [5, 5.41) is 6.49. The normalized spacial score (nSPS) is 21.5. The van der Waals surface area contributed by atoms with Gasteiger partial charge in [-0.05, 0) is 25.3 Å². The first-order valence-corrected chi connectivity index (χ1v) is 6.70. The molecule has 110 valence electrons. The van der Waals surface area contributed by atoms with Crippen LogP contribution in [0.2, 0.25) is 0 Å². The molecule has 0 aromatic carbocycles. The summed E-state index contributed by atoms with van der Waals surface area (Å²) in [6, 6.07) is 2.20. The second kappa shape index (κ2) is 5.98. The molecule has 1 aliphatic carbocycles. The van der Waals surface area contributed by atoms with Crippen LogP contribution in [-0.2, 0) is 11.3 Å². The van der Waals surface area contributed by atoms with Gasteiger partial charge in [-0.15, -0.1) is 0 Å². The van der Waals surface area contributed by atoms with E-state index in [1.54, 1.807) is 20.0 Å². The number of rotatable bonds is 4. The highest BCUT2D eigenvalue weighted by Crippen LogP contribution is 2.28. The minimum Gasteiger partial charge on any atom is -0.465 e. The van der Waals surface area contributed by atoms with Gasteiger partial charge >= 0.3 is 5.97 Å². The number of nitrogens with zero attached hydrogens (tertiary/aromatic N) is 1. The third-order valence-corrected chi connectivity index (χ3v) is 3.46. The number of carbonyl (C=O) groups is 1. The molecule has 1 fully saturated rings. The Morgan fingerprint density at radius 1 is 1.60 bits per heavy atom. The molecule has 0 aliphatic heterocycles. The van der Waals surface area contributed by atoms with Crippen molar-refractivity contribution in [3.63, 3.8) is 0 Å². The van der Waals surface area contributed by atoms with E-state index in [0.29, 0.717) is 35.6 Å². The zero-order chi connectivity index (χ0) is 14.7. The monoisotopic (exact) mass is 279 g/mol. The van der Waals surface area contributed by atoms with Gasteiger partial charge < -0.3 is 19.8 Å². The van der Waals surface area contributed by atoms with Gasteiger partial charge in [0, 0.05) is 13.1 Å². The van der Waals surface area contributed by atoms with Crippen molar-refractivity contribution in [1.29, 1.82) is 0 Å². The second-order valence-corrected chi connectivity index (χ2v) is 5.06. The molecule has 0 radical (unpaired) electrons. The first-order chi connectivity index (χ1) is 9.55. The Balaban J connectivity index is 1.91. The van der Waals surface area contributed by atoms with E-state index in [1.165, 1.54) is 13.5 Å². The van der Waals surface area contributed by atoms with E-state index in [2.05, 4.69) is 22.5 Å². The number of carbonyl (C=O) groups excluding carboxylic acids is 1. The fraction of sp³-hybridized carbons (Fsp3) is 0.571. The summed E-state index contributed by atoms with van der Waals surface area (Å²) in [4.78, 5) is 15.7. The van der Waals surface area contributed by atoms with Crippen molar-refractivity contribution in [1.82, 2.24) is 10.6 Å². The highest BCUT2D eigenvalue weighted by atomic mass is 16.5. The molecule has 1 aromatic heterocycles. The van der Waals surface area contributed by atoms with Crippen molar-refractivity contribution >= 4 is 11.9 Å². The van der Waals surface area contributed by atoms with Gasteiger partial charge in [0.2, 0.25) is 0 Å². The third kappa shape index (κ3) is 3.31. The fourth-order valence-corrected chi connectivity index (χ4v) is 2.01. The maximum Gasteiger partial charge on any atom is 0.341 e. The highest BCUT2D eigenvalue weighted by Gasteiger charge is 2.33. The van der Waals surface area contributed by atoms with E-state index in [4.69, 9.17) is 9.15 Å². The molecular weight excluding hydrogens is 258 g/mol. The fourth-order valence-electron chi connectivity index (χ4n) is 2.01. The summed E-state index contributed by atoms with van der Waals surface area (Å²) in [5.41, 5.74) is 0.461. The van der Waals surface area contributed by atoms with Crippen LogP contribution in [0.4, 0.5) is 0 Å². The maximum atomic E-state index is 11.5. The molecule has 1 aromatic rings. The van der Waals surface area contributed by atoms with E-state index >= 15 is 0 Å². The van der Waals surface area contributed by atoms with Crippen molar-refractivity contribution in [2.45, 2.75) is 32.9 Å². The van der Waals surface area contributed by atoms with E-state index in [9.17, 15) is 4.79 Å². The Labute approximate surface area is 118 Å². The van der Waals surface area contributed by atoms with E-state index < -0.39 is 0 Å². The highest BCUT2D eigenvalue weighted by molar-refractivity contribution is 5.90. The predicted octanol–water partition coefficient (Wildman–Crippen LogP) is 1.45. The van der Waals surface area contributed by atoms with Gasteiger partial charge in [-0.3, -0.25) is 4.99 Å². The zero-order valence-corrected chi connectivity index (χ0v) is 12.3. The van der Waals surface area contributed by atoms with Crippen LogP contribution in [0.15, 0.2) is 15.5 Å². The average Bonchev–Trinajstić information content (AvgIpc) is 2.99. The molecule has 1 aliphatic rings. The van der Waals surface area contributed by atoms with Gasteiger partial charge in [0.1, 0.15) is 17.1 Å². The first-order valence-electron chi connectivity index (χ1n) is 6.70. The summed E-state index contributed by atoms with van der Waals surface area (Å²) in [7, 11) is 3.09. The van der Waals surface area contributed by atoms with E-state index in [-0.39, 0.29) is 5.97 Å². The van der Waals surface area contributed by atoms with Gasteiger partial charge in [0.05, 0.1) is 13.7 Å². The maximum absolute atomic E-state index is 11.5. The molecular formula is C14H21N3O3. The third-order valence-electron chi connectivity index (χ3n) is 3.46. The predicted molar refractivity (Wildman–Crippen MR) is 75.7 cm³/mol. The second-order valence-electron chi connectivity index (χ2n) is 5.06. The Morgan fingerprint density at radius 3 is 2.85 bits per heavy atom. The summed E-state index contributed by atoms with van der Waals surface area (Å²) in [6.45, 7) is 4.41. The van der Waals surface area contributed by atoms with Crippen LogP contribution in [0.25, 0.3) is 0 Å². The number of nitrogens with one attached hydrogen (secondary N) is 2. The van der Waals surface area contributed by atoms with Crippen LogP contribution in [0.1, 0.15) is 35.2 Å². The van der Waals surface area contributed by atoms with Crippen LogP contribution in [0.3, 0.4) is 0 Å². The van der Waals surface area contributed by atoms with Crippen LogP contribution < -0.4 is 10.6 Å². The first kappa shape index (κ1) is 14.4. The Hall–Kier alpha value is -1.98. The van der Waals surface area contributed by atoms with Crippen LogP contribution in [0.5, 0.6) is 0 Å². The SMILES string of the molecule is CN=C(NCc1cc(C(=O)OC)c(C)o1)NC1CC1C. The van der Waals surface area contributed by atoms with E-state index in [0.717, 1.165) is 5.96 Å². The molecule has 2 atom stereocenters. The molecule has 2 N–H and O–H groups in total. The molecule has 0 bridgehead atoms. The van der Waals surface area contributed by atoms with Crippen LogP contribution >= 0.6 is 0 Å². The standard InChI is InChI=1S/C14H21N3O3/c1-8-5-12(8)17-14(15-3)16-7-10-6-11(9(2)20-10)13(18)19-4/h6,8,12H,5,7H2,1-4H3,(H2,15,16,17). The summed E-state index contributed by atoms with van der Waals surface area (Å²) in [6.07, 6.45) is 1.17. The Kier molecular flexibility index (Phi) is 4.32. The summed E-state index contributed by atoms with van der Waals surface area (Å²) < 4.78 is 10.2. The largest absolute Gasteiger partial charge is 0.465 e. The lowest BCUT2D eigenvalue weighted by Gasteiger charge is -2.10. The van der Waals surface area contributed by atoms with Gasteiger partial charge in [0.15, 0.2) is 5.96 Å².